The van der Waals surface area contributed by atoms with Crippen molar-refractivity contribution in [3.05, 3.63) is 59.7 Å². The first-order valence-corrected chi connectivity index (χ1v) is 12.0. The van der Waals surface area contributed by atoms with Crippen molar-refractivity contribution in [2.24, 2.45) is 5.92 Å². The summed E-state index contributed by atoms with van der Waals surface area (Å²) in [6.45, 7) is 3.72. The summed E-state index contributed by atoms with van der Waals surface area (Å²) in [7, 11) is 0. The number of hydrogen-bond donors (Lipinski definition) is 3. The molecule has 2 amide bonds. The first-order chi connectivity index (χ1) is 16.3. The number of carbonyl (C=O) groups is 3. The Morgan fingerprint density at radius 1 is 1.06 bits per heavy atom. The minimum atomic E-state index is -1.27. The maximum atomic E-state index is 12.6. The summed E-state index contributed by atoms with van der Waals surface area (Å²) >= 11 is 0. The molecular formula is C27H32N2O5. The predicted molar refractivity (Wildman–Crippen MR) is 128 cm³/mol. The molecule has 7 nitrogen and oxygen atoms in total. The van der Waals surface area contributed by atoms with Gasteiger partial charge in [-0.15, -0.1) is 0 Å². The second-order valence-corrected chi connectivity index (χ2v) is 9.49. The van der Waals surface area contributed by atoms with Gasteiger partial charge < -0.3 is 20.5 Å². The Labute approximate surface area is 199 Å². The minimum absolute atomic E-state index is 0.00756. The van der Waals surface area contributed by atoms with E-state index in [0.717, 1.165) is 41.5 Å². The van der Waals surface area contributed by atoms with Crippen molar-refractivity contribution in [2.75, 3.05) is 6.61 Å². The largest absolute Gasteiger partial charge is 0.480 e. The van der Waals surface area contributed by atoms with E-state index in [0.29, 0.717) is 6.42 Å². The maximum absolute atomic E-state index is 12.6. The summed E-state index contributed by atoms with van der Waals surface area (Å²) in [5, 5.41) is 15.1. The van der Waals surface area contributed by atoms with E-state index < -0.39 is 23.6 Å². The molecule has 0 bridgehead atoms. The van der Waals surface area contributed by atoms with E-state index in [1.807, 2.05) is 31.2 Å². The fourth-order valence-electron chi connectivity index (χ4n) is 4.94. The van der Waals surface area contributed by atoms with Crippen LogP contribution in [-0.4, -0.2) is 41.3 Å². The van der Waals surface area contributed by atoms with Crippen molar-refractivity contribution < 1.29 is 24.2 Å². The van der Waals surface area contributed by atoms with Crippen LogP contribution >= 0.6 is 0 Å². The monoisotopic (exact) mass is 464 g/mol. The van der Waals surface area contributed by atoms with Crippen molar-refractivity contribution in [1.82, 2.24) is 10.6 Å². The average molecular weight is 465 g/mol. The van der Waals surface area contributed by atoms with Gasteiger partial charge in [-0.1, -0.05) is 61.9 Å². The first-order valence-electron chi connectivity index (χ1n) is 12.0. The zero-order valence-electron chi connectivity index (χ0n) is 19.7. The zero-order valence-corrected chi connectivity index (χ0v) is 19.7. The van der Waals surface area contributed by atoms with Gasteiger partial charge in [-0.05, 0) is 54.4 Å². The molecule has 2 unspecified atom stereocenters. The number of carboxylic acids is 1. The highest BCUT2D eigenvalue weighted by Crippen LogP contribution is 2.44. The minimum Gasteiger partial charge on any atom is -0.480 e. The van der Waals surface area contributed by atoms with Crippen molar-refractivity contribution >= 4 is 18.0 Å². The third-order valence-corrected chi connectivity index (χ3v) is 6.97. The Hall–Kier alpha value is -3.35. The van der Waals surface area contributed by atoms with Gasteiger partial charge >= 0.3 is 12.1 Å². The molecule has 0 radical (unpaired) electrons. The topological polar surface area (TPSA) is 105 Å². The van der Waals surface area contributed by atoms with Gasteiger partial charge in [-0.25, -0.2) is 9.59 Å². The van der Waals surface area contributed by atoms with Crippen LogP contribution in [0.1, 0.15) is 63.0 Å². The van der Waals surface area contributed by atoms with Gasteiger partial charge in [0.1, 0.15) is 12.1 Å². The Kier molecular flexibility index (Phi) is 6.91. The Morgan fingerprint density at radius 3 is 2.18 bits per heavy atom. The van der Waals surface area contributed by atoms with Crippen LogP contribution in [0.25, 0.3) is 11.1 Å². The van der Waals surface area contributed by atoms with E-state index in [9.17, 15) is 19.5 Å². The van der Waals surface area contributed by atoms with Crippen LogP contribution in [0.3, 0.4) is 0 Å². The highest BCUT2D eigenvalue weighted by Gasteiger charge is 2.48. The van der Waals surface area contributed by atoms with E-state index in [1.165, 1.54) is 0 Å². The van der Waals surface area contributed by atoms with Gasteiger partial charge in [-0.2, -0.15) is 0 Å². The molecule has 0 aliphatic heterocycles. The smallest absolute Gasteiger partial charge is 0.407 e. The van der Waals surface area contributed by atoms with Crippen LogP contribution in [0.5, 0.6) is 0 Å². The molecule has 34 heavy (non-hydrogen) atoms. The van der Waals surface area contributed by atoms with Crippen LogP contribution in [0.15, 0.2) is 48.5 Å². The van der Waals surface area contributed by atoms with Crippen LogP contribution in [-0.2, 0) is 14.3 Å². The van der Waals surface area contributed by atoms with Crippen LogP contribution in [0.4, 0.5) is 4.79 Å². The standard InChI is InChI=1S/C27H32N2O5/c1-3-8-18(15-24(30)29-27(2,25(31)32)17-13-14-17)28-26(33)34-16-23-21-11-6-4-9-19(21)20-10-5-7-12-22(20)23/h4-7,9-12,17-18,23H,3,8,13-16H2,1-2H3,(H,28,33)(H,29,30)(H,31,32). The molecule has 180 valence electrons. The average Bonchev–Trinajstić information content (AvgIpc) is 3.61. The summed E-state index contributed by atoms with van der Waals surface area (Å²) in [5.41, 5.74) is 3.31. The Bertz CT molecular complexity index is 1030. The zero-order chi connectivity index (χ0) is 24.3. The third-order valence-electron chi connectivity index (χ3n) is 6.97. The van der Waals surface area contributed by atoms with Gasteiger partial charge in [0.05, 0.1) is 0 Å². The SMILES string of the molecule is CCCC(CC(=O)NC(C)(C(=O)O)C1CC1)NC(=O)OCC1c2ccccc2-c2ccccc21. The summed E-state index contributed by atoms with van der Waals surface area (Å²) in [6.07, 6.45) is 2.37. The van der Waals surface area contributed by atoms with Crippen molar-refractivity contribution in [1.29, 1.82) is 0 Å². The van der Waals surface area contributed by atoms with Crippen molar-refractivity contribution in [3.8, 4) is 11.1 Å². The third kappa shape index (κ3) is 4.93. The number of nitrogens with one attached hydrogen (secondary N) is 2. The molecule has 2 aromatic carbocycles. The van der Waals surface area contributed by atoms with Gasteiger partial charge in [0.25, 0.3) is 0 Å². The molecule has 0 spiro atoms. The lowest BCUT2D eigenvalue weighted by molar-refractivity contribution is -0.148. The molecule has 2 atom stereocenters. The number of carbonyl (C=O) groups excluding carboxylic acids is 2. The molecule has 4 rings (SSSR count). The number of hydrogen-bond acceptors (Lipinski definition) is 4. The van der Waals surface area contributed by atoms with Crippen LogP contribution in [0.2, 0.25) is 0 Å². The second kappa shape index (κ2) is 9.87. The van der Waals surface area contributed by atoms with E-state index in [2.05, 4.69) is 34.9 Å². The number of benzene rings is 2. The molecular weight excluding hydrogens is 432 g/mol. The summed E-state index contributed by atoms with van der Waals surface area (Å²) in [4.78, 5) is 37.0. The predicted octanol–water partition coefficient (Wildman–Crippen LogP) is 4.45. The van der Waals surface area contributed by atoms with Crippen molar-refractivity contribution in [3.63, 3.8) is 0 Å². The molecule has 0 aromatic heterocycles. The molecule has 1 saturated carbocycles. The quantitative estimate of drug-likeness (QED) is 0.482. The van der Waals surface area contributed by atoms with E-state index >= 15 is 0 Å². The van der Waals surface area contributed by atoms with Crippen molar-refractivity contribution in [2.45, 2.75) is 63.5 Å². The van der Waals surface area contributed by atoms with Gasteiger partial charge in [0.2, 0.25) is 5.91 Å². The second-order valence-electron chi connectivity index (χ2n) is 9.49. The summed E-state index contributed by atoms with van der Waals surface area (Å²) < 4.78 is 5.61. The molecule has 2 aliphatic rings. The highest BCUT2D eigenvalue weighted by molar-refractivity contribution is 5.87. The number of rotatable bonds is 10. The summed E-state index contributed by atoms with van der Waals surface area (Å²) in [6, 6.07) is 15.8. The molecule has 7 heteroatoms. The Balaban J connectivity index is 1.35. The normalized spacial score (nSPS) is 17.1. The fourth-order valence-corrected chi connectivity index (χ4v) is 4.94. The number of amides is 2. The number of carboxylic acid groups (broad SMARTS) is 1. The molecule has 1 fully saturated rings. The number of ether oxygens (including phenoxy) is 1. The lowest BCUT2D eigenvalue weighted by Crippen LogP contribution is -2.55. The molecule has 0 heterocycles. The van der Waals surface area contributed by atoms with E-state index in [4.69, 9.17) is 4.74 Å². The van der Waals surface area contributed by atoms with Crippen LogP contribution < -0.4 is 10.6 Å². The lowest BCUT2D eigenvalue weighted by atomic mass is 9.95. The lowest BCUT2D eigenvalue weighted by Gasteiger charge is -2.27. The van der Waals surface area contributed by atoms with Gasteiger partial charge in [-0.3, -0.25) is 4.79 Å². The van der Waals surface area contributed by atoms with Gasteiger partial charge in [0, 0.05) is 18.4 Å². The molecule has 3 N–H and O–H groups in total. The molecule has 2 aromatic rings. The number of alkyl carbamates (subject to hydrolysis) is 1. The maximum Gasteiger partial charge on any atom is 0.407 e. The number of fused-ring (bicyclic) bond motifs is 3. The first kappa shape index (κ1) is 23.8. The van der Waals surface area contributed by atoms with E-state index in [-0.39, 0.29) is 30.8 Å². The van der Waals surface area contributed by atoms with Crippen LogP contribution in [0, 0.1) is 5.92 Å². The fraction of sp³-hybridized carbons (Fsp3) is 0.444. The summed E-state index contributed by atoms with van der Waals surface area (Å²) in [5.74, 6) is -1.50. The number of aliphatic carboxylic acids is 1. The van der Waals surface area contributed by atoms with E-state index in [1.54, 1.807) is 6.92 Å². The molecule has 2 aliphatic carbocycles. The Morgan fingerprint density at radius 2 is 1.65 bits per heavy atom. The molecule has 0 saturated heterocycles. The highest BCUT2D eigenvalue weighted by atomic mass is 16.5. The van der Waals surface area contributed by atoms with Gasteiger partial charge in [0.15, 0.2) is 0 Å².